The van der Waals surface area contributed by atoms with Crippen molar-refractivity contribution in [3.05, 3.63) is 59.1 Å². The van der Waals surface area contributed by atoms with Gasteiger partial charge in [0, 0.05) is 23.7 Å². The molecule has 0 aromatic heterocycles. The summed E-state index contributed by atoms with van der Waals surface area (Å²) in [6, 6.07) is 13.9. The summed E-state index contributed by atoms with van der Waals surface area (Å²) in [6.07, 6.45) is 0.970. The van der Waals surface area contributed by atoms with Crippen molar-refractivity contribution < 1.29 is 14.3 Å². The molecule has 3 saturated heterocycles. The Kier molecular flexibility index (Phi) is 4.16. The smallest absolute Gasteiger partial charge is 0.253 e. The van der Waals surface area contributed by atoms with Crippen molar-refractivity contribution in [2.45, 2.75) is 18.5 Å². The summed E-state index contributed by atoms with van der Waals surface area (Å²) in [5.74, 6) is -0.0470. The molecule has 0 radical (unpaired) electrons. The Balaban J connectivity index is 1.60. The van der Waals surface area contributed by atoms with Gasteiger partial charge in [0.25, 0.3) is 5.91 Å². The molecule has 0 bridgehead atoms. The zero-order valence-corrected chi connectivity index (χ0v) is 16.2. The number of rotatable bonds is 3. The quantitative estimate of drug-likeness (QED) is 0.745. The van der Waals surface area contributed by atoms with Gasteiger partial charge >= 0.3 is 0 Å². The highest BCUT2D eigenvalue weighted by Gasteiger charge is 2.63. The number of amides is 2. The van der Waals surface area contributed by atoms with Crippen molar-refractivity contribution in [2.24, 2.45) is 5.92 Å². The largest absolute Gasteiger partial charge is 0.496 e. The van der Waals surface area contributed by atoms with E-state index in [0.29, 0.717) is 10.7 Å². The fourth-order valence-electron chi connectivity index (χ4n) is 4.84. The van der Waals surface area contributed by atoms with E-state index in [1.54, 1.807) is 31.4 Å². The molecule has 0 unspecified atom stereocenters. The second-order valence-corrected chi connectivity index (χ2v) is 7.76. The average molecular weight is 398 g/mol. The third kappa shape index (κ3) is 2.42. The summed E-state index contributed by atoms with van der Waals surface area (Å²) in [4.78, 5) is 28.1. The molecule has 7 heteroatoms. The Morgan fingerprint density at radius 2 is 1.61 bits per heavy atom. The Morgan fingerprint density at radius 3 is 2.32 bits per heavy atom. The molecule has 2 aromatic rings. The molecule has 28 heavy (non-hydrogen) atoms. The number of hydrogen-bond donors (Lipinski definition) is 0. The highest BCUT2D eigenvalue weighted by molar-refractivity contribution is 6.31. The summed E-state index contributed by atoms with van der Waals surface area (Å²) in [6.45, 7) is 1.61. The zero-order valence-electron chi connectivity index (χ0n) is 15.4. The summed E-state index contributed by atoms with van der Waals surface area (Å²) in [5, 5.41) is 4.83. The molecule has 6 nitrogen and oxygen atoms in total. The molecule has 144 valence electrons. The van der Waals surface area contributed by atoms with E-state index in [0.717, 1.165) is 30.8 Å². The van der Waals surface area contributed by atoms with Crippen LogP contribution >= 0.6 is 11.6 Å². The minimum atomic E-state index is -0.472. The number of methoxy groups -OCH3 is 1. The Morgan fingerprint density at radius 1 is 0.929 bits per heavy atom. The average Bonchev–Trinajstić information content (AvgIpc) is 3.35. The number of carbonyl (C=O) groups excluding carboxylic acids is 2. The van der Waals surface area contributed by atoms with Gasteiger partial charge in [-0.1, -0.05) is 29.8 Å². The van der Waals surface area contributed by atoms with Crippen LogP contribution in [0.2, 0.25) is 5.02 Å². The number of benzene rings is 2. The molecule has 0 N–H and O–H groups in total. The molecule has 2 aromatic carbocycles. The van der Waals surface area contributed by atoms with Crippen LogP contribution in [0.3, 0.4) is 0 Å². The maximum absolute atomic E-state index is 13.5. The van der Waals surface area contributed by atoms with Crippen LogP contribution in [-0.2, 0) is 9.59 Å². The number of ether oxygens (including phenoxy) is 1. The number of carbonyl (C=O) groups is 2. The number of para-hydroxylation sites is 1. The molecule has 2 amide bonds. The first-order valence-corrected chi connectivity index (χ1v) is 9.79. The second-order valence-electron chi connectivity index (χ2n) is 7.33. The topological polar surface area (TPSA) is 53.1 Å². The lowest BCUT2D eigenvalue weighted by molar-refractivity contribution is -0.126. The molecular formula is C21H20ClN3O3. The lowest BCUT2D eigenvalue weighted by Gasteiger charge is -2.30. The predicted octanol–water partition coefficient (Wildman–Crippen LogP) is 2.88. The van der Waals surface area contributed by atoms with E-state index < -0.39 is 12.0 Å². The van der Waals surface area contributed by atoms with Crippen LogP contribution in [0.15, 0.2) is 48.5 Å². The second kappa shape index (κ2) is 6.58. The molecule has 3 aliphatic heterocycles. The molecular weight excluding hydrogens is 378 g/mol. The van der Waals surface area contributed by atoms with Gasteiger partial charge in [0.1, 0.15) is 11.8 Å². The van der Waals surface area contributed by atoms with E-state index >= 15 is 0 Å². The van der Waals surface area contributed by atoms with E-state index in [4.69, 9.17) is 16.3 Å². The van der Waals surface area contributed by atoms with Gasteiger partial charge < -0.3 is 4.74 Å². The lowest BCUT2D eigenvalue weighted by Crippen LogP contribution is -2.44. The SMILES string of the molecule is COc1ccccc1[C@@H]1[C@@H]2C(=O)N(c3ccc(Cl)cc3)C(=O)[C@@H]2N2CCCN12. The fraction of sp³-hybridized carbons (Fsp3) is 0.333. The Labute approximate surface area is 168 Å². The van der Waals surface area contributed by atoms with Gasteiger partial charge in [0.2, 0.25) is 5.91 Å². The summed E-state index contributed by atoms with van der Waals surface area (Å²) in [7, 11) is 1.63. The molecule has 3 atom stereocenters. The van der Waals surface area contributed by atoms with E-state index in [-0.39, 0.29) is 17.9 Å². The number of halogens is 1. The van der Waals surface area contributed by atoms with E-state index in [9.17, 15) is 9.59 Å². The lowest BCUT2D eigenvalue weighted by atomic mass is 9.89. The first-order valence-electron chi connectivity index (χ1n) is 9.41. The monoisotopic (exact) mass is 397 g/mol. The van der Waals surface area contributed by atoms with Crippen LogP contribution in [0.1, 0.15) is 18.0 Å². The number of fused-ring (bicyclic) bond motifs is 3. The normalized spacial score (nSPS) is 27.4. The molecule has 0 spiro atoms. The van der Waals surface area contributed by atoms with Crippen molar-refractivity contribution in [1.82, 2.24) is 10.0 Å². The number of anilines is 1. The van der Waals surface area contributed by atoms with Crippen molar-refractivity contribution in [1.29, 1.82) is 0 Å². The number of hydrogen-bond acceptors (Lipinski definition) is 5. The minimum absolute atomic E-state index is 0.164. The van der Waals surface area contributed by atoms with Crippen LogP contribution in [0.5, 0.6) is 5.75 Å². The van der Waals surface area contributed by atoms with Crippen LogP contribution in [0.25, 0.3) is 0 Å². The van der Waals surface area contributed by atoms with Gasteiger partial charge in [-0.2, -0.15) is 0 Å². The van der Waals surface area contributed by atoms with Gasteiger partial charge in [0.15, 0.2) is 0 Å². The van der Waals surface area contributed by atoms with Gasteiger partial charge in [-0.25, -0.2) is 14.9 Å². The predicted molar refractivity (Wildman–Crippen MR) is 105 cm³/mol. The fourth-order valence-corrected chi connectivity index (χ4v) is 4.97. The maximum atomic E-state index is 13.5. The third-order valence-electron chi connectivity index (χ3n) is 5.95. The van der Waals surface area contributed by atoms with Gasteiger partial charge in [-0.3, -0.25) is 9.59 Å². The van der Waals surface area contributed by atoms with Crippen LogP contribution < -0.4 is 9.64 Å². The van der Waals surface area contributed by atoms with Crippen LogP contribution in [-0.4, -0.2) is 48.1 Å². The molecule has 3 heterocycles. The summed E-state index contributed by atoms with van der Waals surface area (Å²) in [5.41, 5.74) is 1.52. The summed E-state index contributed by atoms with van der Waals surface area (Å²) < 4.78 is 5.57. The van der Waals surface area contributed by atoms with Crippen LogP contribution in [0, 0.1) is 5.92 Å². The zero-order chi connectivity index (χ0) is 19.4. The molecule has 3 aliphatic rings. The van der Waals surface area contributed by atoms with Crippen molar-refractivity contribution in [3.63, 3.8) is 0 Å². The van der Waals surface area contributed by atoms with Gasteiger partial charge in [0.05, 0.1) is 24.8 Å². The summed E-state index contributed by atoms with van der Waals surface area (Å²) >= 11 is 5.98. The minimum Gasteiger partial charge on any atom is -0.496 e. The molecule has 0 saturated carbocycles. The van der Waals surface area contributed by atoms with Crippen LogP contribution in [0.4, 0.5) is 5.69 Å². The van der Waals surface area contributed by atoms with Gasteiger partial charge in [-0.05, 0) is 36.8 Å². The number of hydrazine groups is 1. The highest BCUT2D eigenvalue weighted by Crippen LogP contribution is 2.50. The van der Waals surface area contributed by atoms with Gasteiger partial charge in [-0.15, -0.1) is 0 Å². The van der Waals surface area contributed by atoms with Crippen molar-refractivity contribution in [2.75, 3.05) is 25.1 Å². The van der Waals surface area contributed by atoms with Crippen molar-refractivity contribution in [3.8, 4) is 5.75 Å². The molecule has 5 rings (SSSR count). The Bertz CT molecular complexity index is 948. The first-order chi connectivity index (χ1) is 13.6. The van der Waals surface area contributed by atoms with E-state index in [1.165, 1.54) is 4.90 Å². The van der Waals surface area contributed by atoms with Crippen molar-refractivity contribution >= 4 is 29.1 Å². The standard InChI is InChI=1S/C21H20ClN3O3/c1-28-16-6-3-2-5-15(16)18-17-19(24-12-4-11-23(18)24)21(27)25(20(17)26)14-9-7-13(22)8-10-14/h2-3,5-10,17-19H,4,11-12H2,1H3/t17-,18+,19+/m0/s1. The maximum Gasteiger partial charge on any atom is 0.253 e. The molecule has 0 aliphatic carbocycles. The third-order valence-corrected chi connectivity index (χ3v) is 6.20. The highest BCUT2D eigenvalue weighted by atomic mass is 35.5. The number of nitrogens with zero attached hydrogens (tertiary/aromatic N) is 3. The Hall–Kier alpha value is -2.41. The van der Waals surface area contributed by atoms with E-state index in [1.807, 2.05) is 24.3 Å². The first kappa shape index (κ1) is 17.7. The number of imide groups is 1. The molecule has 3 fully saturated rings. The van der Waals surface area contributed by atoms with E-state index in [2.05, 4.69) is 10.0 Å².